The third-order valence-corrected chi connectivity index (χ3v) is 6.60. The topological polar surface area (TPSA) is 91.5 Å². The van der Waals surface area contributed by atoms with Crippen LogP contribution in [0.25, 0.3) is 16.6 Å². The average Bonchev–Trinajstić information content (AvgIpc) is 3.34. The van der Waals surface area contributed by atoms with Crippen LogP contribution in [0.2, 0.25) is 0 Å². The molecule has 7 nitrogen and oxygen atoms in total. The summed E-state index contributed by atoms with van der Waals surface area (Å²) >= 11 is 0. The summed E-state index contributed by atoms with van der Waals surface area (Å²) in [5.41, 5.74) is 6.93. The molecular weight excluding hydrogens is 464 g/mol. The number of aryl methyl sites for hydroxylation is 2. The van der Waals surface area contributed by atoms with Crippen LogP contribution in [0.15, 0.2) is 36.7 Å². The largest absolute Gasteiger partial charge is 0.406 e. The van der Waals surface area contributed by atoms with Crippen LogP contribution in [0.1, 0.15) is 34.6 Å². The molecule has 0 atom stereocenters. The summed E-state index contributed by atoms with van der Waals surface area (Å²) in [6.07, 6.45) is -1.66. The van der Waals surface area contributed by atoms with Gasteiger partial charge in [-0.05, 0) is 44.9 Å². The van der Waals surface area contributed by atoms with Crippen molar-refractivity contribution >= 4 is 33.8 Å². The summed E-state index contributed by atoms with van der Waals surface area (Å²) in [6.45, 7) is 3.87. The zero-order valence-electron chi connectivity index (χ0n) is 19.1. The monoisotopic (exact) mass is 488 g/mol. The van der Waals surface area contributed by atoms with Gasteiger partial charge in [-0.15, -0.1) is 0 Å². The SMILES string of the molecule is Cc1cn2cc(NC(=O)c3ccc(N4CCC(N)(C(F)(F)F)CC4)c4cc(C)[nH]c34)cc(F)c2n1. The Morgan fingerprint density at radius 1 is 1.17 bits per heavy atom. The van der Waals surface area contributed by atoms with Crippen molar-refractivity contribution in [3.63, 3.8) is 0 Å². The molecule has 1 aliphatic heterocycles. The van der Waals surface area contributed by atoms with Crippen LogP contribution in [0, 0.1) is 19.7 Å². The number of aromatic amines is 1. The number of imidazole rings is 1. The van der Waals surface area contributed by atoms with Gasteiger partial charge in [0, 0.05) is 48.3 Å². The van der Waals surface area contributed by atoms with Crippen LogP contribution in [0.5, 0.6) is 0 Å². The van der Waals surface area contributed by atoms with Crippen LogP contribution in [0.4, 0.5) is 28.9 Å². The highest BCUT2D eigenvalue weighted by molar-refractivity contribution is 6.14. The molecule has 1 amide bonds. The first-order valence-corrected chi connectivity index (χ1v) is 11.1. The maximum absolute atomic E-state index is 14.4. The highest BCUT2D eigenvalue weighted by Crippen LogP contribution is 2.39. The molecule has 5 rings (SSSR count). The Morgan fingerprint density at radius 2 is 1.89 bits per heavy atom. The van der Waals surface area contributed by atoms with Crippen LogP contribution in [-0.4, -0.2) is 45.1 Å². The lowest BCUT2D eigenvalue weighted by Crippen LogP contribution is -2.59. The van der Waals surface area contributed by atoms with Gasteiger partial charge in [-0.2, -0.15) is 13.2 Å². The number of benzene rings is 1. The number of nitrogens with zero attached hydrogens (tertiary/aromatic N) is 3. The second-order valence-corrected chi connectivity index (χ2v) is 9.16. The van der Waals surface area contributed by atoms with Gasteiger partial charge >= 0.3 is 6.18 Å². The molecule has 1 aliphatic rings. The minimum Gasteiger partial charge on any atom is -0.371 e. The van der Waals surface area contributed by atoms with Crippen LogP contribution in [-0.2, 0) is 0 Å². The van der Waals surface area contributed by atoms with Crippen molar-refractivity contribution in [1.82, 2.24) is 14.4 Å². The molecule has 0 spiro atoms. The molecule has 0 unspecified atom stereocenters. The first-order chi connectivity index (χ1) is 16.4. The highest BCUT2D eigenvalue weighted by atomic mass is 19.4. The van der Waals surface area contributed by atoms with E-state index in [0.717, 1.165) is 16.8 Å². The predicted molar refractivity (Wildman–Crippen MR) is 125 cm³/mol. The number of halogens is 4. The van der Waals surface area contributed by atoms with E-state index in [4.69, 9.17) is 5.73 Å². The summed E-state index contributed by atoms with van der Waals surface area (Å²) < 4.78 is 55.9. The smallest absolute Gasteiger partial charge is 0.371 e. The number of pyridine rings is 1. The van der Waals surface area contributed by atoms with E-state index in [-0.39, 0.29) is 37.3 Å². The number of hydrogen-bond donors (Lipinski definition) is 3. The number of anilines is 2. The fraction of sp³-hybridized carbons (Fsp3) is 0.333. The molecule has 35 heavy (non-hydrogen) atoms. The first-order valence-electron chi connectivity index (χ1n) is 11.1. The van der Waals surface area contributed by atoms with Crippen molar-refractivity contribution in [3.8, 4) is 0 Å². The van der Waals surface area contributed by atoms with Gasteiger partial charge in [0.15, 0.2) is 11.5 Å². The van der Waals surface area contributed by atoms with Crippen molar-refractivity contribution in [2.45, 2.75) is 38.4 Å². The van der Waals surface area contributed by atoms with Crippen LogP contribution < -0.4 is 16.0 Å². The van der Waals surface area contributed by atoms with Crippen molar-refractivity contribution in [2.24, 2.45) is 5.73 Å². The number of hydrogen-bond acceptors (Lipinski definition) is 4. The number of fused-ring (bicyclic) bond motifs is 2. The molecule has 4 aromatic rings. The molecule has 0 bridgehead atoms. The summed E-state index contributed by atoms with van der Waals surface area (Å²) in [5.74, 6) is -1.01. The zero-order valence-corrected chi connectivity index (χ0v) is 19.1. The highest BCUT2D eigenvalue weighted by Gasteiger charge is 2.53. The van der Waals surface area contributed by atoms with Gasteiger partial charge in [0.25, 0.3) is 5.91 Å². The molecule has 11 heteroatoms. The number of piperidine rings is 1. The number of nitrogens with two attached hydrogens (primary N) is 1. The molecular formula is C24H24F4N6O. The van der Waals surface area contributed by atoms with Crippen molar-refractivity contribution < 1.29 is 22.4 Å². The quantitative estimate of drug-likeness (QED) is 0.365. The molecule has 1 aromatic carbocycles. The molecule has 1 fully saturated rings. The summed E-state index contributed by atoms with van der Waals surface area (Å²) in [7, 11) is 0. The normalized spacial score (nSPS) is 16.3. The molecule has 4 heterocycles. The molecule has 1 saturated heterocycles. The maximum atomic E-state index is 14.4. The average molecular weight is 488 g/mol. The van der Waals surface area contributed by atoms with Crippen molar-refractivity contribution in [3.05, 3.63) is 59.4 Å². The fourth-order valence-electron chi connectivity index (χ4n) is 4.68. The molecule has 0 aliphatic carbocycles. The predicted octanol–water partition coefficient (Wildman–Crippen LogP) is 4.68. The second kappa shape index (κ2) is 7.98. The van der Waals surface area contributed by atoms with Gasteiger partial charge < -0.3 is 25.3 Å². The van der Waals surface area contributed by atoms with E-state index >= 15 is 0 Å². The lowest BCUT2D eigenvalue weighted by molar-refractivity contribution is -0.191. The number of H-pyrrole nitrogens is 1. The molecule has 184 valence electrons. The Kier molecular flexibility index (Phi) is 5.28. The van der Waals surface area contributed by atoms with E-state index in [1.165, 1.54) is 10.5 Å². The third-order valence-electron chi connectivity index (χ3n) is 6.60. The number of nitrogens with one attached hydrogen (secondary N) is 2. The fourth-order valence-corrected chi connectivity index (χ4v) is 4.68. The van der Waals surface area contributed by atoms with E-state index in [0.29, 0.717) is 16.8 Å². The Balaban J connectivity index is 1.44. The molecule has 3 aromatic heterocycles. The summed E-state index contributed by atoms with van der Waals surface area (Å²) in [5, 5.41) is 3.45. The van der Waals surface area contributed by atoms with Gasteiger partial charge in [0.1, 0.15) is 5.54 Å². The minimum absolute atomic E-state index is 0.143. The molecule has 4 N–H and O–H groups in total. The number of carbonyl (C=O) groups is 1. The third kappa shape index (κ3) is 3.99. The molecule has 0 radical (unpaired) electrons. The minimum atomic E-state index is -4.46. The van der Waals surface area contributed by atoms with Crippen molar-refractivity contribution in [2.75, 3.05) is 23.3 Å². The van der Waals surface area contributed by atoms with E-state index in [1.807, 2.05) is 17.9 Å². The Hall–Kier alpha value is -3.60. The number of alkyl halides is 3. The zero-order chi connectivity index (χ0) is 25.1. The van der Waals surface area contributed by atoms with Crippen molar-refractivity contribution in [1.29, 1.82) is 0 Å². The van der Waals surface area contributed by atoms with E-state index < -0.39 is 23.4 Å². The first kappa shape index (κ1) is 23.2. The van der Waals surface area contributed by atoms with Gasteiger partial charge in [-0.25, -0.2) is 9.37 Å². The van der Waals surface area contributed by atoms with E-state index in [9.17, 15) is 22.4 Å². The number of amides is 1. The van der Waals surface area contributed by atoms with Gasteiger partial charge in [0.2, 0.25) is 0 Å². The lowest BCUT2D eigenvalue weighted by atomic mass is 9.87. The summed E-state index contributed by atoms with van der Waals surface area (Å²) in [4.78, 5) is 22.3. The van der Waals surface area contributed by atoms with Gasteiger partial charge in [0.05, 0.1) is 22.5 Å². The van der Waals surface area contributed by atoms with Crippen LogP contribution in [0.3, 0.4) is 0 Å². The Morgan fingerprint density at radius 3 is 2.57 bits per heavy atom. The molecule has 0 saturated carbocycles. The number of rotatable bonds is 3. The standard InChI is InChI=1S/C24H24F4N6O/c1-13-9-17-19(33-7-5-23(29,6-8-33)24(26,27)28)4-3-16(20(17)30-13)22(35)32-15-10-18(25)21-31-14(2)11-34(21)12-15/h3-4,9-12,30H,5-8,29H2,1-2H3,(H,32,35). The maximum Gasteiger partial charge on any atom is 0.406 e. The van der Waals surface area contributed by atoms with Gasteiger partial charge in [-0.1, -0.05) is 0 Å². The number of aromatic nitrogens is 3. The second-order valence-electron chi connectivity index (χ2n) is 9.16. The Bertz CT molecular complexity index is 1450. The number of carbonyl (C=O) groups excluding carboxylic acids is 1. The lowest BCUT2D eigenvalue weighted by Gasteiger charge is -2.41. The summed E-state index contributed by atoms with van der Waals surface area (Å²) in [6, 6.07) is 6.41. The van der Waals surface area contributed by atoms with E-state index in [2.05, 4.69) is 15.3 Å². The Labute approximate surface area is 197 Å². The van der Waals surface area contributed by atoms with Gasteiger partial charge in [-0.3, -0.25) is 4.79 Å². The van der Waals surface area contributed by atoms with Crippen LogP contribution >= 0.6 is 0 Å². The van der Waals surface area contributed by atoms with E-state index in [1.54, 1.807) is 31.5 Å².